The number of nitrogens with two attached hydrogens (primary N) is 1. The molecule has 3 aromatic rings. The van der Waals surface area contributed by atoms with Gasteiger partial charge >= 0.3 is 6.09 Å². The first kappa shape index (κ1) is 18.6. The van der Waals surface area contributed by atoms with Gasteiger partial charge in [-0.2, -0.15) is 0 Å². The summed E-state index contributed by atoms with van der Waals surface area (Å²) in [6, 6.07) is 3.82. The van der Waals surface area contributed by atoms with Crippen LogP contribution in [0.25, 0.3) is 22.2 Å². The number of carbonyl (C=O) groups is 1. The predicted molar refractivity (Wildman–Crippen MR) is 111 cm³/mol. The van der Waals surface area contributed by atoms with E-state index in [1.54, 1.807) is 4.90 Å². The molecule has 146 valence electrons. The second-order valence-corrected chi connectivity index (χ2v) is 8.30. The summed E-state index contributed by atoms with van der Waals surface area (Å²) in [5.41, 5.74) is 9.74. The highest BCUT2D eigenvalue weighted by molar-refractivity contribution is 6.35. The Kier molecular flexibility index (Phi) is 4.23. The summed E-state index contributed by atoms with van der Waals surface area (Å²) < 4.78 is 7.42. The summed E-state index contributed by atoms with van der Waals surface area (Å²) in [6.07, 6.45) is 3.70. The molecular weight excluding hydrogens is 378 g/mol. The van der Waals surface area contributed by atoms with E-state index in [1.165, 1.54) is 6.33 Å². The second kappa shape index (κ2) is 6.38. The van der Waals surface area contributed by atoms with E-state index in [0.29, 0.717) is 23.8 Å². The Morgan fingerprint density at radius 2 is 2.00 bits per heavy atom. The lowest BCUT2D eigenvalue weighted by atomic mass is 10.0. The number of halogens is 1. The van der Waals surface area contributed by atoms with E-state index in [1.807, 2.05) is 50.7 Å². The molecule has 4 rings (SSSR count). The summed E-state index contributed by atoms with van der Waals surface area (Å²) >= 11 is 6.78. The normalized spacial score (nSPS) is 13.8. The number of aryl methyl sites for hydroxylation is 1. The van der Waals surface area contributed by atoms with Gasteiger partial charge in [-0.3, -0.25) is 4.90 Å². The summed E-state index contributed by atoms with van der Waals surface area (Å²) in [5, 5.41) is 1.38. The molecule has 1 aliphatic rings. The molecule has 2 N–H and O–H groups in total. The first-order valence-corrected chi connectivity index (χ1v) is 9.43. The van der Waals surface area contributed by atoms with Gasteiger partial charge in [0, 0.05) is 30.9 Å². The highest BCUT2D eigenvalue weighted by atomic mass is 35.5. The number of aromatic nitrogens is 3. The van der Waals surface area contributed by atoms with Gasteiger partial charge < -0.3 is 15.0 Å². The van der Waals surface area contributed by atoms with Gasteiger partial charge in [-0.05, 0) is 38.8 Å². The summed E-state index contributed by atoms with van der Waals surface area (Å²) in [5.74, 6) is 0.410. The van der Waals surface area contributed by atoms with Gasteiger partial charge in [0.25, 0.3) is 0 Å². The molecule has 0 unspecified atom stereocenters. The van der Waals surface area contributed by atoms with Gasteiger partial charge in [0.05, 0.1) is 16.1 Å². The maximum absolute atomic E-state index is 12.5. The number of ether oxygens (including phenoxy) is 1. The Hall–Kier alpha value is -2.80. The van der Waals surface area contributed by atoms with E-state index < -0.39 is 5.60 Å². The van der Waals surface area contributed by atoms with Gasteiger partial charge in [-0.15, -0.1) is 0 Å². The molecule has 28 heavy (non-hydrogen) atoms. The number of hydrogen-bond acceptors (Lipinski definition) is 5. The molecular formula is C20H22ClN5O2. The number of nitrogens with zero attached hydrogens (tertiary/aromatic N) is 4. The van der Waals surface area contributed by atoms with Gasteiger partial charge in [0.2, 0.25) is 0 Å². The quantitative estimate of drug-likeness (QED) is 0.663. The standard InChI is InChI=1S/C20H22ClN5O2/c1-20(2,3)28-19(27)26-8-7-12-14(26)6-5-11(16(12)21)13-9-25(4)18-15(13)17(22)23-10-24-18/h5-6,9-10H,7-8H2,1-4H3,(H2,22,23,24). The minimum Gasteiger partial charge on any atom is -0.443 e. The molecule has 1 aliphatic heterocycles. The van der Waals surface area contributed by atoms with Crippen molar-refractivity contribution in [2.45, 2.75) is 32.8 Å². The maximum Gasteiger partial charge on any atom is 0.414 e. The molecule has 3 heterocycles. The molecule has 8 heteroatoms. The van der Waals surface area contributed by atoms with Crippen LogP contribution in [0.2, 0.25) is 5.02 Å². The molecule has 1 aromatic carbocycles. The van der Waals surface area contributed by atoms with Crippen molar-refractivity contribution in [2.75, 3.05) is 17.2 Å². The number of benzene rings is 1. The Morgan fingerprint density at radius 1 is 1.25 bits per heavy atom. The number of rotatable bonds is 1. The van der Waals surface area contributed by atoms with Crippen LogP contribution >= 0.6 is 11.6 Å². The molecule has 0 spiro atoms. The molecule has 1 amide bonds. The first-order valence-electron chi connectivity index (χ1n) is 9.05. The SMILES string of the molecule is Cn1cc(-c2ccc3c(c2Cl)CCN3C(=O)OC(C)(C)C)c2c(N)ncnc21. The van der Waals surface area contributed by atoms with Crippen LogP contribution in [0.15, 0.2) is 24.7 Å². The van der Waals surface area contributed by atoms with Crippen LogP contribution in [-0.2, 0) is 18.2 Å². The van der Waals surface area contributed by atoms with Gasteiger partial charge in [-0.25, -0.2) is 14.8 Å². The van der Waals surface area contributed by atoms with E-state index in [9.17, 15) is 4.79 Å². The van der Waals surface area contributed by atoms with Crippen LogP contribution < -0.4 is 10.6 Å². The maximum atomic E-state index is 12.5. The number of amides is 1. The van der Waals surface area contributed by atoms with E-state index in [-0.39, 0.29) is 6.09 Å². The minimum absolute atomic E-state index is 0.363. The van der Waals surface area contributed by atoms with Crippen LogP contribution in [0.1, 0.15) is 26.3 Å². The van der Waals surface area contributed by atoms with Gasteiger partial charge in [0.1, 0.15) is 23.4 Å². The Labute approximate surface area is 168 Å². The zero-order valence-electron chi connectivity index (χ0n) is 16.3. The lowest BCUT2D eigenvalue weighted by molar-refractivity contribution is 0.0584. The van der Waals surface area contributed by atoms with Crippen LogP contribution in [0, 0.1) is 0 Å². The van der Waals surface area contributed by atoms with Crippen molar-refractivity contribution in [3.05, 3.63) is 35.2 Å². The van der Waals surface area contributed by atoms with Crippen LogP contribution in [0.4, 0.5) is 16.3 Å². The molecule has 0 fully saturated rings. The predicted octanol–water partition coefficient (Wildman–Crippen LogP) is 4.17. The molecule has 0 bridgehead atoms. The molecule has 0 radical (unpaired) electrons. The largest absolute Gasteiger partial charge is 0.443 e. The lowest BCUT2D eigenvalue weighted by Gasteiger charge is -2.25. The van der Waals surface area contributed by atoms with Gasteiger partial charge in [-0.1, -0.05) is 17.7 Å². The number of anilines is 2. The minimum atomic E-state index is -0.552. The van der Waals surface area contributed by atoms with Crippen molar-refractivity contribution in [3.8, 4) is 11.1 Å². The molecule has 7 nitrogen and oxygen atoms in total. The number of carbonyl (C=O) groups excluding carboxylic acids is 1. The first-order chi connectivity index (χ1) is 13.2. The summed E-state index contributed by atoms with van der Waals surface area (Å²) in [7, 11) is 1.91. The topological polar surface area (TPSA) is 86.3 Å². The van der Waals surface area contributed by atoms with Crippen LogP contribution in [-0.4, -0.2) is 32.8 Å². The monoisotopic (exact) mass is 399 g/mol. The fourth-order valence-electron chi connectivity index (χ4n) is 3.60. The Balaban J connectivity index is 1.79. The van der Waals surface area contributed by atoms with Crippen molar-refractivity contribution >= 4 is 40.2 Å². The van der Waals surface area contributed by atoms with Crippen LogP contribution in [0.3, 0.4) is 0 Å². The molecule has 0 atom stereocenters. The summed E-state index contributed by atoms with van der Waals surface area (Å²) in [6.45, 7) is 6.09. The van der Waals surface area contributed by atoms with Crippen molar-refractivity contribution in [1.29, 1.82) is 0 Å². The third kappa shape index (κ3) is 2.96. The average Bonchev–Trinajstić information content (AvgIpc) is 3.17. The van der Waals surface area contributed by atoms with Crippen molar-refractivity contribution in [3.63, 3.8) is 0 Å². The van der Waals surface area contributed by atoms with E-state index >= 15 is 0 Å². The molecule has 0 saturated carbocycles. The molecule has 0 aliphatic carbocycles. The van der Waals surface area contributed by atoms with Crippen molar-refractivity contribution in [1.82, 2.24) is 14.5 Å². The Morgan fingerprint density at radius 3 is 2.71 bits per heavy atom. The summed E-state index contributed by atoms with van der Waals surface area (Å²) in [4.78, 5) is 22.6. The fraction of sp³-hybridized carbons (Fsp3) is 0.350. The van der Waals surface area contributed by atoms with Crippen molar-refractivity contribution in [2.24, 2.45) is 7.05 Å². The van der Waals surface area contributed by atoms with Crippen molar-refractivity contribution < 1.29 is 9.53 Å². The van der Waals surface area contributed by atoms with E-state index in [0.717, 1.165) is 33.4 Å². The number of hydrogen-bond donors (Lipinski definition) is 1. The second-order valence-electron chi connectivity index (χ2n) is 7.92. The van der Waals surface area contributed by atoms with Gasteiger partial charge in [0.15, 0.2) is 0 Å². The molecule has 2 aromatic heterocycles. The van der Waals surface area contributed by atoms with E-state index in [4.69, 9.17) is 22.1 Å². The molecule has 0 saturated heterocycles. The van der Waals surface area contributed by atoms with Crippen LogP contribution in [0.5, 0.6) is 0 Å². The number of fused-ring (bicyclic) bond motifs is 2. The smallest absolute Gasteiger partial charge is 0.414 e. The zero-order chi connectivity index (χ0) is 20.2. The highest BCUT2D eigenvalue weighted by Crippen LogP contribution is 2.43. The third-order valence-corrected chi connectivity index (χ3v) is 5.21. The Bertz CT molecular complexity index is 1100. The van der Waals surface area contributed by atoms with E-state index in [2.05, 4.69) is 9.97 Å². The average molecular weight is 400 g/mol. The fourth-order valence-corrected chi connectivity index (χ4v) is 3.96. The lowest BCUT2D eigenvalue weighted by Crippen LogP contribution is -2.35. The highest BCUT2D eigenvalue weighted by Gasteiger charge is 2.31. The third-order valence-electron chi connectivity index (χ3n) is 4.78. The number of nitrogen functional groups attached to an aromatic ring is 1. The zero-order valence-corrected chi connectivity index (χ0v) is 17.0.